The van der Waals surface area contributed by atoms with E-state index in [9.17, 15) is 18.0 Å². The Hall–Kier alpha value is -2.71. The SMILES string of the molecule is Cc1ccc(S(=O)(=O)N2CCc3ccccc3C2CC(=O)OCC(=O)c2ccc(Cl)c(Cl)c2)cc1. The van der Waals surface area contributed by atoms with Crippen LogP contribution in [0.5, 0.6) is 0 Å². The van der Waals surface area contributed by atoms with Gasteiger partial charge in [-0.05, 0) is 54.8 Å². The van der Waals surface area contributed by atoms with E-state index < -0.39 is 34.4 Å². The Morgan fingerprint density at radius 3 is 2.43 bits per heavy atom. The van der Waals surface area contributed by atoms with Crippen LogP contribution in [-0.4, -0.2) is 37.6 Å². The van der Waals surface area contributed by atoms with Crippen molar-refractivity contribution in [1.29, 1.82) is 0 Å². The highest BCUT2D eigenvalue weighted by Gasteiger charge is 2.37. The molecule has 9 heteroatoms. The maximum atomic E-state index is 13.5. The van der Waals surface area contributed by atoms with Crippen LogP contribution in [0.15, 0.2) is 71.6 Å². The number of benzene rings is 3. The summed E-state index contributed by atoms with van der Waals surface area (Å²) >= 11 is 11.8. The van der Waals surface area contributed by atoms with Gasteiger partial charge in [0.2, 0.25) is 10.0 Å². The minimum Gasteiger partial charge on any atom is -0.457 e. The minimum atomic E-state index is -3.87. The molecule has 0 fully saturated rings. The van der Waals surface area contributed by atoms with Gasteiger partial charge in [-0.2, -0.15) is 4.31 Å². The van der Waals surface area contributed by atoms with Gasteiger partial charge in [0.05, 0.1) is 27.4 Å². The van der Waals surface area contributed by atoms with E-state index in [4.69, 9.17) is 27.9 Å². The molecule has 1 unspecified atom stereocenters. The number of ether oxygens (including phenoxy) is 1. The molecule has 0 aliphatic carbocycles. The summed E-state index contributed by atoms with van der Waals surface area (Å²) in [5.41, 5.74) is 2.94. The predicted octanol–water partition coefficient (Wildman–Crippen LogP) is 5.41. The Morgan fingerprint density at radius 2 is 1.71 bits per heavy atom. The molecule has 1 aliphatic heterocycles. The van der Waals surface area contributed by atoms with Gasteiger partial charge in [0.25, 0.3) is 0 Å². The Labute approximate surface area is 214 Å². The first-order valence-corrected chi connectivity index (χ1v) is 13.2. The third-order valence-electron chi connectivity index (χ3n) is 5.96. The van der Waals surface area contributed by atoms with Crippen molar-refractivity contribution in [3.05, 3.63) is 99.0 Å². The zero-order valence-electron chi connectivity index (χ0n) is 18.9. The molecule has 0 N–H and O–H groups in total. The van der Waals surface area contributed by atoms with Gasteiger partial charge >= 0.3 is 5.97 Å². The molecule has 0 bridgehead atoms. The van der Waals surface area contributed by atoms with E-state index in [1.807, 2.05) is 31.2 Å². The Morgan fingerprint density at radius 1 is 1.00 bits per heavy atom. The van der Waals surface area contributed by atoms with Crippen LogP contribution in [0.3, 0.4) is 0 Å². The fourth-order valence-corrected chi connectivity index (χ4v) is 5.99. The normalized spacial score (nSPS) is 15.9. The molecule has 6 nitrogen and oxygen atoms in total. The van der Waals surface area contributed by atoms with E-state index in [1.165, 1.54) is 22.5 Å². The molecule has 1 heterocycles. The third kappa shape index (κ3) is 5.59. The summed E-state index contributed by atoms with van der Waals surface area (Å²) in [4.78, 5) is 25.4. The van der Waals surface area contributed by atoms with E-state index >= 15 is 0 Å². The molecule has 0 spiro atoms. The number of hydrogen-bond donors (Lipinski definition) is 0. The summed E-state index contributed by atoms with van der Waals surface area (Å²) < 4.78 is 33.6. The van der Waals surface area contributed by atoms with Crippen LogP contribution in [-0.2, 0) is 26.0 Å². The summed E-state index contributed by atoms with van der Waals surface area (Å²) in [6.07, 6.45) is 0.305. The second-order valence-electron chi connectivity index (χ2n) is 8.31. The molecule has 3 aromatic rings. The first kappa shape index (κ1) is 25.4. The fourth-order valence-electron chi connectivity index (χ4n) is 4.09. The quantitative estimate of drug-likeness (QED) is 0.301. The number of halogens is 2. The fraction of sp³-hybridized carbons (Fsp3) is 0.231. The predicted molar refractivity (Wildman–Crippen MR) is 134 cm³/mol. The molecule has 3 aromatic carbocycles. The summed E-state index contributed by atoms with van der Waals surface area (Å²) in [6, 6.07) is 17.7. The van der Waals surface area contributed by atoms with E-state index in [2.05, 4.69) is 0 Å². The zero-order valence-corrected chi connectivity index (χ0v) is 21.2. The molecule has 0 saturated heterocycles. The van der Waals surface area contributed by atoms with Crippen LogP contribution in [0, 0.1) is 6.92 Å². The van der Waals surface area contributed by atoms with Crippen molar-refractivity contribution in [2.45, 2.75) is 30.7 Å². The molecule has 0 aromatic heterocycles. The summed E-state index contributed by atoms with van der Waals surface area (Å²) in [6.45, 7) is 1.62. The summed E-state index contributed by atoms with van der Waals surface area (Å²) in [7, 11) is -3.87. The van der Waals surface area contributed by atoms with Crippen molar-refractivity contribution in [1.82, 2.24) is 4.31 Å². The summed E-state index contributed by atoms with van der Waals surface area (Å²) in [5.74, 6) is -1.12. The van der Waals surface area contributed by atoms with Crippen molar-refractivity contribution in [2.24, 2.45) is 0 Å². The Kier molecular flexibility index (Phi) is 7.62. The van der Waals surface area contributed by atoms with E-state index in [0.29, 0.717) is 11.4 Å². The average Bonchev–Trinajstić information content (AvgIpc) is 2.84. The van der Waals surface area contributed by atoms with Gasteiger partial charge in [-0.25, -0.2) is 8.42 Å². The number of esters is 1. The monoisotopic (exact) mass is 531 g/mol. The molecule has 1 aliphatic rings. The molecule has 0 saturated carbocycles. The lowest BCUT2D eigenvalue weighted by atomic mass is 9.92. The summed E-state index contributed by atoms with van der Waals surface area (Å²) in [5, 5.41) is 0.533. The van der Waals surface area contributed by atoms with E-state index in [1.54, 1.807) is 24.3 Å². The zero-order chi connectivity index (χ0) is 25.2. The van der Waals surface area contributed by atoms with Gasteiger partial charge < -0.3 is 4.74 Å². The highest BCUT2D eigenvalue weighted by molar-refractivity contribution is 7.89. The highest BCUT2D eigenvalue weighted by atomic mass is 35.5. The lowest BCUT2D eigenvalue weighted by Crippen LogP contribution is -2.41. The Balaban J connectivity index is 1.54. The number of nitrogens with zero attached hydrogens (tertiary/aromatic N) is 1. The van der Waals surface area contributed by atoms with Crippen molar-refractivity contribution >= 4 is 45.0 Å². The van der Waals surface area contributed by atoms with Crippen LogP contribution in [0.2, 0.25) is 10.0 Å². The molecule has 0 radical (unpaired) electrons. The molecular formula is C26H23Cl2NO5S. The van der Waals surface area contributed by atoms with Gasteiger partial charge in [-0.15, -0.1) is 0 Å². The van der Waals surface area contributed by atoms with Crippen LogP contribution in [0.4, 0.5) is 0 Å². The molecule has 1 atom stereocenters. The van der Waals surface area contributed by atoms with Gasteiger partial charge in [0.1, 0.15) is 0 Å². The number of carbonyl (C=O) groups is 2. The van der Waals surface area contributed by atoms with Crippen molar-refractivity contribution in [3.63, 3.8) is 0 Å². The molecule has 4 rings (SSSR count). The number of hydrogen-bond acceptors (Lipinski definition) is 5. The first-order chi connectivity index (χ1) is 16.7. The third-order valence-corrected chi connectivity index (χ3v) is 8.62. The standard InChI is InChI=1S/C26H23Cl2NO5S/c1-17-6-9-20(10-7-17)35(32,33)29-13-12-18-4-2-3-5-21(18)24(29)15-26(31)34-16-25(30)19-8-11-22(27)23(28)14-19/h2-11,14,24H,12-13,15-16H2,1H3. The highest BCUT2D eigenvalue weighted by Crippen LogP contribution is 2.36. The Bertz CT molecular complexity index is 1370. The van der Waals surface area contributed by atoms with Crippen LogP contribution in [0.25, 0.3) is 0 Å². The number of aryl methyl sites for hydroxylation is 1. The number of ketones is 1. The van der Waals surface area contributed by atoms with Crippen molar-refractivity contribution < 1.29 is 22.7 Å². The van der Waals surface area contributed by atoms with Crippen molar-refractivity contribution in [2.75, 3.05) is 13.2 Å². The van der Waals surface area contributed by atoms with Crippen LogP contribution >= 0.6 is 23.2 Å². The lowest BCUT2D eigenvalue weighted by molar-refractivity contribution is -0.143. The minimum absolute atomic E-state index is 0.163. The molecule has 182 valence electrons. The number of fused-ring (bicyclic) bond motifs is 1. The molecule has 0 amide bonds. The topological polar surface area (TPSA) is 80.8 Å². The van der Waals surface area contributed by atoms with Gasteiger partial charge in [0.15, 0.2) is 12.4 Å². The number of carbonyl (C=O) groups excluding carboxylic acids is 2. The average molecular weight is 532 g/mol. The smallest absolute Gasteiger partial charge is 0.308 e. The first-order valence-electron chi connectivity index (χ1n) is 11.0. The molecular weight excluding hydrogens is 509 g/mol. The maximum Gasteiger partial charge on any atom is 0.308 e. The molecule has 35 heavy (non-hydrogen) atoms. The van der Waals surface area contributed by atoms with E-state index in [-0.39, 0.29) is 28.4 Å². The second kappa shape index (κ2) is 10.5. The number of rotatable bonds is 7. The number of sulfonamides is 1. The lowest BCUT2D eigenvalue weighted by Gasteiger charge is -2.36. The largest absolute Gasteiger partial charge is 0.457 e. The second-order valence-corrected chi connectivity index (χ2v) is 11.0. The number of Topliss-reactive ketones (excluding diaryl/α,β-unsaturated/α-hetero) is 1. The van der Waals surface area contributed by atoms with Gasteiger partial charge in [-0.3, -0.25) is 9.59 Å². The van der Waals surface area contributed by atoms with Crippen molar-refractivity contribution in [3.8, 4) is 0 Å². The van der Waals surface area contributed by atoms with Crippen LogP contribution < -0.4 is 0 Å². The van der Waals surface area contributed by atoms with E-state index in [0.717, 1.165) is 16.7 Å². The van der Waals surface area contributed by atoms with Gasteiger partial charge in [-0.1, -0.05) is 65.2 Å². The van der Waals surface area contributed by atoms with Crippen LogP contribution in [0.1, 0.15) is 39.5 Å². The van der Waals surface area contributed by atoms with Gasteiger partial charge in [0, 0.05) is 12.1 Å². The maximum absolute atomic E-state index is 13.5.